The standard InChI is InChI=1S/C29H32N6O8S/c1-41-14-15-42-13-12-34-11-9-21(19-34)32-25-7-6-23(17-26(25)35(37)38)44(39,40)33-29(36)24-4-2-3-5-27(24)43-22-16-20-8-10-30-28(20)31-18-22/h2-8,10,16-18,21,32H,9,11-15,19H2,1H3,(H,30,31)(H,33,36)/t21-/m1/s1. The van der Waals surface area contributed by atoms with Gasteiger partial charge < -0.3 is 24.5 Å². The van der Waals surface area contributed by atoms with Gasteiger partial charge in [-0.15, -0.1) is 0 Å². The largest absolute Gasteiger partial charge is 0.455 e. The first-order chi connectivity index (χ1) is 21.2. The molecule has 0 unspecified atom stereocenters. The Morgan fingerprint density at radius 2 is 2.00 bits per heavy atom. The molecule has 3 heterocycles. The number of nitro groups is 1. The lowest BCUT2D eigenvalue weighted by molar-refractivity contribution is -0.384. The zero-order valence-electron chi connectivity index (χ0n) is 23.9. The van der Waals surface area contributed by atoms with Crippen LogP contribution >= 0.6 is 0 Å². The summed E-state index contributed by atoms with van der Waals surface area (Å²) >= 11 is 0. The molecule has 0 spiro atoms. The number of H-pyrrole nitrogens is 1. The molecule has 0 saturated carbocycles. The lowest BCUT2D eigenvalue weighted by Crippen LogP contribution is -2.31. The summed E-state index contributed by atoms with van der Waals surface area (Å²) in [7, 11) is -2.87. The topological polar surface area (TPSA) is 178 Å². The van der Waals surface area contributed by atoms with Gasteiger partial charge in [-0.25, -0.2) is 18.1 Å². The fraction of sp³-hybridized carbons (Fsp3) is 0.310. The molecule has 1 amide bonds. The monoisotopic (exact) mass is 624 g/mol. The van der Waals surface area contributed by atoms with E-state index in [0.717, 1.165) is 24.4 Å². The third-order valence-electron chi connectivity index (χ3n) is 7.05. The molecule has 1 aliphatic heterocycles. The van der Waals surface area contributed by atoms with Gasteiger partial charge in [-0.3, -0.25) is 19.8 Å². The van der Waals surface area contributed by atoms with Crippen molar-refractivity contribution >= 4 is 38.3 Å². The van der Waals surface area contributed by atoms with Gasteiger partial charge in [-0.05, 0) is 42.8 Å². The van der Waals surface area contributed by atoms with Crippen molar-refractivity contribution in [2.45, 2.75) is 17.4 Å². The zero-order valence-corrected chi connectivity index (χ0v) is 24.7. The number of para-hydroxylation sites is 1. The maximum absolute atomic E-state index is 13.2. The molecular formula is C29H32N6O8S. The van der Waals surface area contributed by atoms with Crippen molar-refractivity contribution in [1.29, 1.82) is 0 Å². The summed E-state index contributed by atoms with van der Waals surface area (Å²) in [5, 5.41) is 15.9. The Balaban J connectivity index is 1.25. The first-order valence-corrected chi connectivity index (χ1v) is 15.3. The maximum Gasteiger partial charge on any atom is 0.293 e. The minimum atomic E-state index is -4.48. The SMILES string of the molecule is COCCOCCN1CC[C@@H](Nc2ccc(S(=O)(=O)NC(=O)c3ccccc3Oc3cnc4[nH]ccc4c3)cc2[N+](=O)[O-])C1. The van der Waals surface area contributed by atoms with Crippen LogP contribution in [0.1, 0.15) is 16.8 Å². The van der Waals surface area contributed by atoms with Gasteiger partial charge in [-0.2, -0.15) is 0 Å². The predicted molar refractivity (Wildman–Crippen MR) is 162 cm³/mol. The Bertz CT molecular complexity index is 1740. The number of anilines is 1. The Hall–Kier alpha value is -4.57. The fourth-order valence-corrected chi connectivity index (χ4v) is 5.83. The number of aromatic amines is 1. The summed E-state index contributed by atoms with van der Waals surface area (Å²) in [6, 6.07) is 13.1. The maximum atomic E-state index is 13.2. The third kappa shape index (κ3) is 7.49. The van der Waals surface area contributed by atoms with Gasteiger partial charge in [0, 0.05) is 50.4 Å². The number of ether oxygens (including phenoxy) is 3. The number of sulfonamides is 1. The minimum absolute atomic E-state index is 0.0482. The molecule has 1 saturated heterocycles. The molecule has 14 nitrogen and oxygen atoms in total. The van der Waals surface area contributed by atoms with Crippen molar-refractivity contribution in [3.05, 3.63) is 82.7 Å². The predicted octanol–water partition coefficient (Wildman–Crippen LogP) is 3.53. The number of carbonyl (C=O) groups is 1. The number of hydrogen-bond donors (Lipinski definition) is 3. The van der Waals surface area contributed by atoms with E-state index in [-0.39, 0.29) is 23.0 Å². The van der Waals surface area contributed by atoms with E-state index in [2.05, 4.69) is 20.2 Å². The number of nitrogens with one attached hydrogen (secondary N) is 3. The number of rotatable bonds is 14. The number of carbonyl (C=O) groups excluding carboxylic acids is 1. The highest BCUT2D eigenvalue weighted by Gasteiger charge is 2.28. The second-order valence-corrected chi connectivity index (χ2v) is 11.8. The van der Waals surface area contributed by atoms with E-state index in [4.69, 9.17) is 14.2 Å². The lowest BCUT2D eigenvalue weighted by atomic mass is 10.2. The molecule has 0 aliphatic carbocycles. The normalized spacial score (nSPS) is 15.3. The van der Waals surface area contributed by atoms with Gasteiger partial charge >= 0.3 is 0 Å². The van der Waals surface area contributed by atoms with Crippen LogP contribution in [0.4, 0.5) is 11.4 Å². The van der Waals surface area contributed by atoms with Crippen molar-refractivity contribution < 1.29 is 32.3 Å². The number of nitrogens with zero attached hydrogens (tertiary/aromatic N) is 3. The van der Waals surface area contributed by atoms with E-state index in [1.807, 2.05) is 10.8 Å². The highest BCUT2D eigenvalue weighted by Crippen LogP contribution is 2.31. The Kier molecular flexibility index (Phi) is 9.69. The highest BCUT2D eigenvalue weighted by atomic mass is 32.2. The van der Waals surface area contributed by atoms with Gasteiger partial charge in [0.05, 0.1) is 41.4 Å². The molecule has 232 valence electrons. The molecule has 3 N–H and O–H groups in total. The second kappa shape index (κ2) is 13.8. The second-order valence-electron chi connectivity index (χ2n) is 10.1. The first kappa shape index (κ1) is 30.9. The molecule has 15 heteroatoms. The number of hydrogen-bond acceptors (Lipinski definition) is 11. The molecule has 2 aromatic carbocycles. The van der Waals surface area contributed by atoms with E-state index < -0.39 is 31.4 Å². The number of aromatic nitrogens is 2. The van der Waals surface area contributed by atoms with Gasteiger partial charge in [-0.1, -0.05) is 12.1 Å². The summed E-state index contributed by atoms with van der Waals surface area (Å²) in [6.45, 7) is 3.74. The number of benzene rings is 2. The number of amides is 1. The number of nitro benzene ring substituents is 1. The van der Waals surface area contributed by atoms with E-state index in [1.54, 1.807) is 31.5 Å². The Morgan fingerprint density at radius 3 is 2.82 bits per heavy atom. The number of methoxy groups -OCH3 is 1. The quantitative estimate of drug-likeness (QED) is 0.106. The van der Waals surface area contributed by atoms with Crippen molar-refractivity contribution in [1.82, 2.24) is 19.6 Å². The summed E-state index contributed by atoms with van der Waals surface area (Å²) in [6.07, 6.45) is 3.95. The number of fused-ring (bicyclic) bond motifs is 1. The van der Waals surface area contributed by atoms with Crippen LogP contribution in [0.25, 0.3) is 11.0 Å². The Labute approximate surface area is 253 Å². The van der Waals surface area contributed by atoms with Crippen LogP contribution in [0.15, 0.2) is 71.9 Å². The van der Waals surface area contributed by atoms with E-state index in [0.29, 0.717) is 44.3 Å². The van der Waals surface area contributed by atoms with E-state index >= 15 is 0 Å². The van der Waals surface area contributed by atoms with Crippen molar-refractivity contribution in [2.24, 2.45) is 0 Å². The molecule has 0 radical (unpaired) electrons. The van der Waals surface area contributed by atoms with Crippen molar-refractivity contribution in [2.75, 3.05) is 51.9 Å². The van der Waals surface area contributed by atoms with Crippen LogP contribution in [0.5, 0.6) is 11.5 Å². The van der Waals surface area contributed by atoms with Crippen LogP contribution in [-0.2, 0) is 19.5 Å². The van der Waals surface area contributed by atoms with E-state index in [9.17, 15) is 23.3 Å². The first-order valence-electron chi connectivity index (χ1n) is 13.8. The molecule has 2 aromatic heterocycles. The number of pyridine rings is 1. The smallest absolute Gasteiger partial charge is 0.293 e. The van der Waals surface area contributed by atoms with Gasteiger partial charge in [0.15, 0.2) is 0 Å². The van der Waals surface area contributed by atoms with Crippen LogP contribution < -0.4 is 14.8 Å². The van der Waals surface area contributed by atoms with E-state index in [1.165, 1.54) is 30.5 Å². The van der Waals surface area contributed by atoms with Crippen LogP contribution in [0.3, 0.4) is 0 Å². The molecule has 1 fully saturated rings. The molecule has 1 atom stereocenters. The van der Waals surface area contributed by atoms with Crippen LogP contribution in [-0.4, -0.2) is 86.7 Å². The van der Waals surface area contributed by atoms with Gasteiger partial charge in [0.1, 0.15) is 22.8 Å². The zero-order chi connectivity index (χ0) is 31.1. The molecular weight excluding hydrogens is 592 g/mol. The lowest BCUT2D eigenvalue weighted by Gasteiger charge is -2.17. The van der Waals surface area contributed by atoms with Crippen LogP contribution in [0, 0.1) is 10.1 Å². The Morgan fingerprint density at radius 1 is 1.16 bits per heavy atom. The van der Waals surface area contributed by atoms with Gasteiger partial charge in [0.25, 0.3) is 21.6 Å². The minimum Gasteiger partial charge on any atom is -0.455 e. The van der Waals surface area contributed by atoms with Crippen molar-refractivity contribution in [3.8, 4) is 11.5 Å². The van der Waals surface area contributed by atoms with Gasteiger partial charge in [0.2, 0.25) is 0 Å². The average Bonchev–Trinajstić information content (AvgIpc) is 3.66. The third-order valence-corrected chi connectivity index (χ3v) is 8.38. The average molecular weight is 625 g/mol. The molecule has 4 aromatic rings. The summed E-state index contributed by atoms with van der Waals surface area (Å²) in [4.78, 5) is 33.4. The fourth-order valence-electron chi connectivity index (χ4n) is 4.84. The summed E-state index contributed by atoms with van der Waals surface area (Å²) in [5.74, 6) is -0.507. The molecule has 0 bridgehead atoms. The molecule has 1 aliphatic rings. The van der Waals surface area contributed by atoms with Crippen molar-refractivity contribution in [3.63, 3.8) is 0 Å². The summed E-state index contributed by atoms with van der Waals surface area (Å²) in [5.41, 5.74) is 0.385. The molecule has 5 rings (SSSR count). The van der Waals surface area contributed by atoms with Crippen LogP contribution in [0.2, 0.25) is 0 Å². The molecule has 44 heavy (non-hydrogen) atoms. The number of likely N-dealkylation sites (tertiary alicyclic amines) is 1. The summed E-state index contributed by atoms with van der Waals surface area (Å²) < 4.78 is 44.7. The highest BCUT2D eigenvalue weighted by molar-refractivity contribution is 7.90.